The van der Waals surface area contributed by atoms with Crippen LogP contribution in [0.15, 0.2) is 68.2 Å². The molecule has 0 aliphatic carbocycles. The number of ether oxygens (including phenoxy) is 1. The van der Waals surface area contributed by atoms with E-state index < -0.39 is 0 Å². The van der Waals surface area contributed by atoms with E-state index in [9.17, 15) is 19.2 Å². The molecule has 0 atom stereocenters. The van der Waals surface area contributed by atoms with Gasteiger partial charge in [-0.25, -0.2) is 19.6 Å². The van der Waals surface area contributed by atoms with Crippen molar-refractivity contribution in [1.29, 1.82) is 0 Å². The van der Waals surface area contributed by atoms with Crippen LogP contribution in [-0.4, -0.2) is 126 Å². The Labute approximate surface area is 380 Å². The van der Waals surface area contributed by atoms with Gasteiger partial charge in [0.05, 0.1) is 18.3 Å². The number of halogens is 1. The number of rotatable bonds is 8. The summed E-state index contributed by atoms with van der Waals surface area (Å²) in [5, 5.41) is 0. The molecule has 7 heterocycles. The first-order valence-corrected chi connectivity index (χ1v) is 22.9. The van der Waals surface area contributed by atoms with Crippen molar-refractivity contribution in [2.75, 3.05) is 88.5 Å². The average Bonchev–Trinajstić information content (AvgIpc) is 4.09. The van der Waals surface area contributed by atoms with E-state index in [4.69, 9.17) is 4.74 Å². The van der Waals surface area contributed by atoms with Crippen molar-refractivity contribution in [3.63, 3.8) is 0 Å². The molecule has 3 saturated heterocycles. The topological polar surface area (TPSA) is 146 Å². The third-order valence-electron chi connectivity index (χ3n) is 12.5. The first-order chi connectivity index (χ1) is 30.2. The van der Waals surface area contributed by atoms with Crippen molar-refractivity contribution in [1.82, 2.24) is 47.2 Å². The van der Waals surface area contributed by atoms with Gasteiger partial charge in [-0.3, -0.25) is 37.7 Å². The fraction of sp³-hybridized carbons (Fsp3) is 0.511. The lowest BCUT2D eigenvalue weighted by molar-refractivity contribution is 0.198. The highest BCUT2D eigenvalue weighted by Crippen LogP contribution is 2.27. The molecule has 9 rings (SSSR count). The fourth-order valence-electron chi connectivity index (χ4n) is 8.93. The van der Waals surface area contributed by atoms with Crippen molar-refractivity contribution in [2.24, 2.45) is 28.2 Å². The van der Waals surface area contributed by atoms with E-state index in [0.29, 0.717) is 35.4 Å². The number of aromatic nitrogens is 8. The van der Waals surface area contributed by atoms with Crippen LogP contribution in [-0.2, 0) is 46.0 Å². The molecule has 4 aromatic heterocycles. The smallest absolute Gasteiger partial charge is 0.332 e. The van der Waals surface area contributed by atoms with E-state index in [-0.39, 0.29) is 22.5 Å². The normalized spacial score (nSPS) is 16.1. The summed E-state index contributed by atoms with van der Waals surface area (Å²) in [6.07, 6.45) is 5.88. The SMILES string of the molecule is C1CCOC1.Cc1cc(C)c(N2CCN(CCn3cnc4c3c(=O)n(C)c(=O)n4C)CC2)c(C)c1.Cn1c(=O)c2c(ncn2CCN2CCN(c3ccccc3I)CC2)n(C)c1=O. The number of nitrogens with zero attached hydrogens (tertiary/aromatic N) is 12. The van der Waals surface area contributed by atoms with Crippen LogP contribution >= 0.6 is 22.6 Å². The zero-order valence-electron chi connectivity index (χ0n) is 37.7. The molecule has 18 heteroatoms. The number of hydrogen-bond acceptors (Lipinski definition) is 11. The molecule has 0 N–H and O–H groups in total. The van der Waals surface area contributed by atoms with Gasteiger partial charge in [-0.15, -0.1) is 0 Å². The molecule has 338 valence electrons. The van der Waals surface area contributed by atoms with Crippen molar-refractivity contribution in [2.45, 2.75) is 46.7 Å². The summed E-state index contributed by atoms with van der Waals surface area (Å²) < 4.78 is 15.1. The van der Waals surface area contributed by atoms with Crippen LogP contribution in [0.4, 0.5) is 11.4 Å². The minimum absolute atomic E-state index is 0.291. The van der Waals surface area contributed by atoms with Crippen LogP contribution in [0.5, 0.6) is 0 Å². The van der Waals surface area contributed by atoms with Gasteiger partial charge in [0, 0.05) is 129 Å². The largest absolute Gasteiger partial charge is 0.381 e. The molecular formula is C45H61IN12O5. The second-order valence-corrected chi connectivity index (χ2v) is 18.0. The zero-order chi connectivity index (χ0) is 44.9. The predicted molar refractivity (Wildman–Crippen MR) is 258 cm³/mol. The number of hydrogen-bond donors (Lipinski definition) is 0. The Morgan fingerprint density at radius 1 is 0.587 bits per heavy atom. The summed E-state index contributed by atoms with van der Waals surface area (Å²) in [6, 6.07) is 13.0. The van der Waals surface area contributed by atoms with Crippen molar-refractivity contribution >= 4 is 56.3 Å². The monoisotopic (exact) mass is 976 g/mol. The Morgan fingerprint density at radius 3 is 1.46 bits per heavy atom. The second kappa shape index (κ2) is 20.2. The Morgan fingerprint density at radius 2 is 1.03 bits per heavy atom. The standard InChI is InChI=1S/C22H30N6O2.C19H23IN6O2.C4H8O/c1-15-12-16(2)18(17(3)13-15)27-9-6-26(7-10-27)8-11-28-14-23-20-19(28)21(29)25(5)22(30)24(20)4;1-22-17-16(18(27)23(2)19(22)28)26(13-21-17)12-9-24-7-10-25(11-8-24)15-6-4-3-5-14(15)20;1-2-4-5-3-1/h12-14H,6-11H2,1-5H3;3-6,13H,7-12H2,1-2H3;1-4H2. The quantitative estimate of drug-likeness (QED) is 0.208. The van der Waals surface area contributed by atoms with Crippen molar-refractivity contribution < 1.29 is 4.74 Å². The van der Waals surface area contributed by atoms with Crippen molar-refractivity contribution in [3.05, 3.63) is 111 Å². The van der Waals surface area contributed by atoms with Gasteiger partial charge in [-0.05, 0) is 79.5 Å². The summed E-state index contributed by atoms with van der Waals surface area (Å²) >= 11 is 2.39. The van der Waals surface area contributed by atoms with Gasteiger partial charge in [-0.1, -0.05) is 29.8 Å². The Hall–Kier alpha value is -5.05. The van der Waals surface area contributed by atoms with Crippen LogP contribution in [0.3, 0.4) is 0 Å². The summed E-state index contributed by atoms with van der Waals surface area (Å²) in [5.41, 5.74) is 7.23. The Balaban J connectivity index is 0.000000170. The van der Waals surface area contributed by atoms with Crippen LogP contribution < -0.4 is 32.3 Å². The molecule has 3 aliphatic heterocycles. The number of fused-ring (bicyclic) bond motifs is 2. The molecule has 3 fully saturated rings. The molecule has 0 radical (unpaired) electrons. The van der Waals surface area contributed by atoms with E-state index in [1.165, 1.54) is 67.7 Å². The molecule has 0 saturated carbocycles. The molecule has 3 aliphatic rings. The number of benzene rings is 2. The maximum Gasteiger partial charge on any atom is 0.332 e. The summed E-state index contributed by atoms with van der Waals surface area (Å²) in [4.78, 5) is 67.6. The highest BCUT2D eigenvalue weighted by molar-refractivity contribution is 14.1. The van der Waals surface area contributed by atoms with E-state index in [0.717, 1.165) is 87.8 Å². The summed E-state index contributed by atoms with van der Waals surface area (Å²) in [6.45, 7) is 19.5. The van der Waals surface area contributed by atoms with Crippen LogP contribution in [0.1, 0.15) is 29.5 Å². The zero-order valence-corrected chi connectivity index (χ0v) is 39.9. The number of aryl methyl sites for hydroxylation is 5. The first-order valence-electron chi connectivity index (χ1n) is 21.8. The molecule has 0 amide bonds. The second-order valence-electron chi connectivity index (χ2n) is 16.8. The highest BCUT2D eigenvalue weighted by Gasteiger charge is 2.22. The van der Waals surface area contributed by atoms with E-state index in [1.807, 2.05) is 9.13 Å². The van der Waals surface area contributed by atoms with Crippen LogP contribution in [0, 0.1) is 24.3 Å². The number of para-hydroxylation sites is 1. The maximum atomic E-state index is 12.6. The molecular weight excluding hydrogens is 915 g/mol. The van der Waals surface area contributed by atoms with Crippen LogP contribution in [0.25, 0.3) is 22.3 Å². The van der Waals surface area contributed by atoms with E-state index in [2.05, 4.69) is 109 Å². The Kier molecular flexibility index (Phi) is 14.7. The van der Waals surface area contributed by atoms with E-state index in [1.54, 1.807) is 26.7 Å². The highest BCUT2D eigenvalue weighted by atomic mass is 127. The number of imidazole rings is 2. The molecule has 2 aromatic carbocycles. The average molecular weight is 977 g/mol. The van der Waals surface area contributed by atoms with Gasteiger partial charge in [-0.2, -0.15) is 0 Å². The van der Waals surface area contributed by atoms with Gasteiger partial charge in [0.2, 0.25) is 0 Å². The van der Waals surface area contributed by atoms with Gasteiger partial charge in [0.25, 0.3) is 11.1 Å². The molecule has 17 nitrogen and oxygen atoms in total. The minimum Gasteiger partial charge on any atom is -0.381 e. The van der Waals surface area contributed by atoms with Crippen LogP contribution in [0.2, 0.25) is 0 Å². The number of piperazine rings is 2. The third-order valence-corrected chi connectivity index (χ3v) is 13.4. The van der Waals surface area contributed by atoms with Crippen molar-refractivity contribution in [3.8, 4) is 0 Å². The lowest BCUT2D eigenvalue weighted by Gasteiger charge is -2.37. The Bertz CT molecular complexity index is 2770. The first kappa shape index (κ1) is 46.0. The summed E-state index contributed by atoms with van der Waals surface area (Å²) in [7, 11) is 6.31. The molecule has 0 bridgehead atoms. The number of anilines is 2. The van der Waals surface area contributed by atoms with Gasteiger partial charge in [0.15, 0.2) is 22.3 Å². The maximum absolute atomic E-state index is 12.6. The lowest BCUT2D eigenvalue weighted by Crippen LogP contribution is -2.47. The predicted octanol–water partition coefficient (Wildman–Crippen LogP) is 2.84. The molecule has 0 spiro atoms. The molecule has 0 unspecified atom stereocenters. The molecule has 63 heavy (non-hydrogen) atoms. The molecule has 6 aromatic rings. The van der Waals surface area contributed by atoms with Gasteiger partial charge >= 0.3 is 11.4 Å². The van der Waals surface area contributed by atoms with E-state index >= 15 is 0 Å². The summed E-state index contributed by atoms with van der Waals surface area (Å²) in [5.74, 6) is 0. The third kappa shape index (κ3) is 10.0. The van der Waals surface area contributed by atoms with Gasteiger partial charge < -0.3 is 23.7 Å². The van der Waals surface area contributed by atoms with Gasteiger partial charge in [0.1, 0.15) is 0 Å². The lowest BCUT2D eigenvalue weighted by atomic mass is 10.0. The fourth-order valence-corrected chi connectivity index (χ4v) is 9.66. The minimum atomic E-state index is -0.352.